The molecule has 0 saturated carbocycles. The predicted molar refractivity (Wildman–Crippen MR) is 80.1 cm³/mol. The summed E-state index contributed by atoms with van der Waals surface area (Å²) in [6.45, 7) is 2.10. The Balaban J connectivity index is 2.51. The minimum Gasteiger partial charge on any atom is -0.496 e. The van der Waals surface area contributed by atoms with Crippen molar-refractivity contribution < 1.29 is 19.1 Å². The maximum absolute atomic E-state index is 12.1. The number of hydrogen-bond donors (Lipinski definition) is 0. The van der Waals surface area contributed by atoms with E-state index in [-0.39, 0.29) is 17.8 Å². The molecule has 5 nitrogen and oxygen atoms in total. The number of nitrogens with zero attached hydrogens (tertiary/aromatic N) is 1. The van der Waals surface area contributed by atoms with Gasteiger partial charge in [-0.2, -0.15) is 0 Å². The second kappa shape index (κ2) is 8.29. The topological polar surface area (TPSA) is 55.8 Å². The highest BCUT2D eigenvalue weighted by atomic mass is 16.5. The van der Waals surface area contributed by atoms with Crippen LogP contribution in [0.3, 0.4) is 0 Å². The first-order valence-corrected chi connectivity index (χ1v) is 6.93. The van der Waals surface area contributed by atoms with Crippen molar-refractivity contribution in [1.82, 2.24) is 4.90 Å². The van der Waals surface area contributed by atoms with Crippen LogP contribution in [0.25, 0.3) is 0 Å². The van der Waals surface area contributed by atoms with Crippen LogP contribution in [0, 0.1) is 5.92 Å². The fourth-order valence-electron chi connectivity index (χ4n) is 2.13. The Morgan fingerprint density at radius 3 is 2.52 bits per heavy atom. The summed E-state index contributed by atoms with van der Waals surface area (Å²) in [5.74, 6) is 0.155. The second-order valence-corrected chi connectivity index (χ2v) is 5.01. The lowest BCUT2D eigenvalue weighted by atomic mass is 10.1. The first-order valence-electron chi connectivity index (χ1n) is 6.93. The molecule has 1 rings (SSSR count). The summed E-state index contributed by atoms with van der Waals surface area (Å²) in [7, 11) is 4.66. The van der Waals surface area contributed by atoms with Crippen molar-refractivity contribution in [2.45, 2.75) is 19.8 Å². The molecule has 5 heteroatoms. The Labute approximate surface area is 125 Å². The largest absolute Gasteiger partial charge is 0.496 e. The highest BCUT2D eigenvalue weighted by Crippen LogP contribution is 2.19. The molecule has 1 amide bonds. The van der Waals surface area contributed by atoms with Gasteiger partial charge in [0.25, 0.3) is 0 Å². The quantitative estimate of drug-likeness (QED) is 0.720. The van der Waals surface area contributed by atoms with Crippen molar-refractivity contribution in [3.05, 3.63) is 29.8 Å². The van der Waals surface area contributed by atoms with E-state index in [9.17, 15) is 9.59 Å². The van der Waals surface area contributed by atoms with Crippen LogP contribution in [-0.2, 0) is 20.7 Å². The molecule has 1 unspecified atom stereocenters. The summed E-state index contributed by atoms with van der Waals surface area (Å²) in [5.41, 5.74) is 1.00. The van der Waals surface area contributed by atoms with Crippen LogP contribution in [0.4, 0.5) is 0 Å². The number of ether oxygens (including phenoxy) is 2. The number of carbonyl (C=O) groups excluding carboxylic acids is 2. The third-order valence-corrected chi connectivity index (χ3v) is 3.38. The summed E-state index contributed by atoms with van der Waals surface area (Å²) in [5, 5.41) is 0. The van der Waals surface area contributed by atoms with Crippen LogP contribution in [0.5, 0.6) is 5.75 Å². The molecule has 0 heterocycles. The van der Waals surface area contributed by atoms with Gasteiger partial charge >= 0.3 is 5.97 Å². The van der Waals surface area contributed by atoms with Gasteiger partial charge in [0.15, 0.2) is 0 Å². The van der Waals surface area contributed by atoms with E-state index in [1.165, 1.54) is 7.11 Å². The van der Waals surface area contributed by atoms with Gasteiger partial charge in [0.2, 0.25) is 5.91 Å². The van der Waals surface area contributed by atoms with Crippen molar-refractivity contribution in [3.8, 4) is 5.75 Å². The Morgan fingerprint density at radius 2 is 1.90 bits per heavy atom. The average Bonchev–Trinajstić information content (AvgIpc) is 2.51. The Hall–Kier alpha value is -2.04. The van der Waals surface area contributed by atoms with E-state index in [2.05, 4.69) is 4.74 Å². The van der Waals surface area contributed by atoms with Crippen LogP contribution >= 0.6 is 0 Å². The Kier molecular flexibility index (Phi) is 6.72. The van der Waals surface area contributed by atoms with Crippen LogP contribution in [0.2, 0.25) is 0 Å². The van der Waals surface area contributed by atoms with Gasteiger partial charge in [0, 0.05) is 20.0 Å². The molecule has 116 valence electrons. The summed E-state index contributed by atoms with van der Waals surface area (Å²) in [6.07, 6.45) is 0.991. The SMILES string of the molecule is COC(=O)C(C)CN(C)C(=O)CCc1ccccc1OC. The van der Waals surface area contributed by atoms with Crippen LogP contribution in [0.1, 0.15) is 18.9 Å². The number of para-hydroxylation sites is 1. The normalized spacial score (nSPS) is 11.6. The highest BCUT2D eigenvalue weighted by molar-refractivity contribution is 5.78. The number of rotatable bonds is 7. The van der Waals surface area contributed by atoms with Gasteiger partial charge < -0.3 is 14.4 Å². The molecule has 0 aliphatic heterocycles. The van der Waals surface area contributed by atoms with Gasteiger partial charge in [0.05, 0.1) is 20.1 Å². The van der Waals surface area contributed by atoms with Gasteiger partial charge in [-0.05, 0) is 18.1 Å². The molecule has 0 radical (unpaired) electrons. The average molecular weight is 293 g/mol. The van der Waals surface area contributed by atoms with Crippen molar-refractivity contribution in [3.63, 3.8) is 0 Å². The van der Waals surface area contributed by atoms with E-state index in [1.807, 2.05) is 24.3 Å². The monoisotopic (exact) mass is 293 g/mol. The number of methoxy groups -OCH3 is 2. The highest BCUT2D eigenvalue weighted by Gasteiger charge is 2.18. The molecule has 0 N–H and O–H groups in total. The summed E-state index contributed by atoms with van der Waals surface area (Å²) in [4.78, 5) is 25.0. The molecule has 0 saturated heterocycles. The van der Waals surface area contributed by atoms with Crippen molar-refractivity contribution >= 4 is 11.9 Å². The summed E-state index contributed by atoms with van der Waals surface area (Å²) in [6, 6.07) is 7.64. The lowest BCUT2D eigenvalue weighted by Gasteiger charge is -2.20. The molecule has 1 aromatic carbocycles. The van der Waals surface area contributed by atoms with Crippen molar-refractivity contribution in [2.24, 2.45) is 5.92 Å². The maximum Gasteiger partial charge on any atom is 0.310 e. The molecule has 21 heavy (non-hydrogen) atoms. The van der Waals surface area contributed by atoms with E-state index in [1.54, 1.807) is 26.0 Å². The smallest absolute Gasteiger partial charge is 0.310 e. The zero-order valence-corrected chi connectivity index (χ0v) is 13.1. The first kappa shape index (κ1) is 17.0. The van der Waals surface area contributed by atoms with E-state index in [0.717, 1.165) is 11.3 Å². The number of benzene rings is 1. The number of aryl methyl sites for hydroxylation is 1. The number of carbonyl (C=O) groups is 2. The molecule has 1 aromatic rings. The van der Waals surface area contributed by atoms with Crippen molar-refractivity contribution in [1.29, 1.82) is 0 Å². The van der Waals surface area contributed by atoms with Gasteiger partial charge in [-0.3, -0.25) is 9.59 Å². The van der Waals surface area contributed by atoms with E-state index >= 15 is 0 Å². The fourth-order valence-corrected chi connectivity index (χ4v) is 2.13. The van der Waals surface area contributed by atoms with Crippen LogP contribution < -0.4 is 4.74 Å². The molecule has 0 aliphatic rings. The number of amides is 1. The van der Waals surface area contributed by atoms with Gasteiger partial charge in [-0.1, -0.05) is 25.1 Å². The molecule has 0 aromatic heterocycles. The van der Waals surface area contributed by atoms with Gasteiger partial charge in [-0.25, -0.2) is 0 Å². The molecular weight excluding hydrogens is 270 g/mol. The molecule has 0 bridgehead atoms. The minimum absolute atomic E-state index is 0.00309. The zero-order chi connectivity index (χ0) is 15.8. The zero-order valence-electron chi connectivity index (χ0n) is 13.1. The molecule has 0 fully saturated rings. The minimum atomic E-state index is -0.324. The van der Waals surface area contributed by atoms with Crippen LogP contribution in [0.15, 0.2) is 24.3 Å². The Morgan fingerprint density at radius 1 is 1.24 bits per heavy atom. The standard InChI is InChI=1S/C16H23NO4/c1-12(16(19)21-4)11-17(2)15(18)10-9-13-7-5-6-8-14(13)20-3/h5-8,12H,9-11H2,1-4H3. The molecule has 0 aliphatic carbocycles. The van der Waals surface area contributed by atoms with Crippen LogP contribution in [-0.4, -0.2) is 44.6 Å². The van der Waals surface area contributed by atoms with Crippen molar-refractivity contribution in [2.75, 3.05) is 27.8 Å². The third-order valence-electron chi connectivity index (χ3n) is 3.38. The third kappa shape index (κ3) is 5.10. The molecular formula is C16H23NO4. The second-order valence-electron chi connectivity index (χ2n) is 5.01. The van der Waals surface area contributed by atoms with E-state index in [0.29, 0.717) is 19.4 Å². The molecule has 1 atom stereocenters. The number of esters is 1. The maximum atomic E-state index is 12.1. The summed E-state index contributed by atoms with van der Waals surface area (Å²) >= 11 is 0. The number of hydrogen-bond acceptors (Lipinski definition) is 4. The van der Waals surface area contributed by atoms with E-state index in [4.69, 9.17) is 4.74 Å². The van der Waals surface area contributed by atoms with Gasteiger partial charge in [0.1, 0.15) is 5.75 Å². The van der Waals surface area contributed by atoms with E-state index < -0.39 is 0 Å². The predicted octanol–water partition coefficient (Wildman–Crippen LogP) is 1.90. The lowest BCUT2D eigenvalue weighted by molar-refractivity contribution is -0.146. The molecule has 0 spiro atoms. The summed E-state index contributed by atoms with van der Waals surface area (Å²) < 4.78 is 9.92. The van der Waals surface area contributed by atoms with Gasteiger partial charge in [-0.15, -0.1) is 0 Å². The lowest BCUT2D eigenvalue weighted by Crippen LogP contribution is -2.34. The fraction of sp³-hybridized carbons (Fsp3) is 0.500. The Bertz CT molecular complexity index is 487. The first-order chi connectivity index (χ1) is 9.99.